The van der Waals surface area contributed by atoms with Crippen LogP contribution in [0.4, 0.5) is 0 Å². The highest BCUT2D eigenvalue weighted by molar-refractivity contribution is 5.97. The third-order valence-corrected chi connectivity index (χ3v) is 4.64. The van der Waals surface area contributed by atoms with E-state index >= 15 is 0 Å². The van der Waals surface area contributed by atoms with Crippen molar-refractivity contribution in [2.75, 3.05) is 6.61 Å². The van der Waals surface area contributed by atoms with E-state index < -0.39 is 17.7 Å². The Hall–Kier alpha value is -1.43. The maximum Gasteiger partial charge on any atom is 0.242 e. The molecular weight excluding hydrogens is 332 g/mol. The highest BCUT2D eigenvalue weighted by Gasteiger charge is 2.50. The van der Waals surface area contributed by atoms with Crippen LogP contribution >= 0.6 is 0 Å². The molecule has 2 N–H and O–H groups in total. The molecule has 150 valence electrons. The fourth-order valence-electron chi connectivity index (χ4n) is 2.84. The Bertz CT molecular complexity index is 498. The van der Waals surface area contributed by atoms with Gasteiger partial charge in [-0.25, -0.2) is 0 Å². The van der Waals surface area contributed by atoms with Crippen LogP contribution in [0.25, 0.3) is 0 Å². The first-order chi connectivity index (χ1) is 12.0. The van der Waals surface area contributed by atoms with Gasteiger partial charge in [-0.05, 0) is 38.5 Å². The van der Waals surface area contributed by atoms with Crippen LogP contribution in [0.2, 0.25) is 0 Å². The highest BCUT2D eigenvalue weighted by atomic mass is 16.6. The molecule has 0 unspecified atom stereocenters. The topological polar surface area (TPSA) is 87.8 Å². The molecule has 0 aromatic rings. The fourth-order valence-corrected chi connectivity index (χ4v) is 2.84. The van der Waals surface area contributed by atoms with Gasteiger partial charge in [-0.2, -0.15) is 0 Å². The first-order valence-electron chi connectivity index (χ1n) is 9.83. The van der Waals surface area contributed by atoms with Crippen LogP contribution in [-0.4, -0.2) is 41.9 Å². The maximum atomic E-state index is 12.5. The molecule has 1 aliphatic heterocycles. The number of epoxide rings is 1. The van der Waals surface area contributed by atoms with Gasteiger partial charge in [-0.3, -0.25) is 14.4 Å². The van der Waals surface area contributed by atoms with Gasteiger partial charge in [0.05, 0.1) is 12.6 Å². The Morgan fingerprint density at radius 1 is 1.00 bits per heavy atom. The van der Waals surface area contributed by atoms with Crippen LogP contribution in [0.5, 0.6) is 0 Å². The highest BCUT2D eigenvalue weighted by Crippen LogP contribution is 2.29. The number of rotatable bonds is 12. The Morgan fingerprint density at radius 2 is 1.62 bits per heavy atom. The summed E-state index contributed by atoms with van der Waals surface area (Å²) >= 11 is 0. The number of ketones is 1. The molecule has 1 aliphatic rings. The molecule has 6 heteroatoms. The average Bonchev–Trinajstić information content (AvgIpc) is 3.28. The zero-order chi connectivity index (χ0) is 19.9. The molecule has 26 heavy (non-hydrogen) atoms. The van der Waals surface area contributed by atoms with Crippen molar-refractivity contribution in [3.63, 3.8) is 0 Å². The average molecular weight is 369 g/mol. The van der Waals surface area contributed by atoms with E-state index in [1.807, 2.05) is 13.8 Å². The predicted octanol–water partition coefficient (Wildman–Crippen LogP) is 2.60. The van der Waals surface area contributed by atoms with Crippen LogP contribution in [0.1, 0.15) is 73.6 Å². The van der Waals surface area contributed by atoms with Gasteiger partial charge in [0.1, 0.15) is 11.6 Å². The van der Waals surface area contributed by atoms with E-state index in [0.717, 1.165) is 19.3 Å². The number of hydrogen-bond donors (Lipinski definition) is 2. The van der Waals surface area contributed by atoms with Gasteiger partial charge >= 0.3 is 0 Å². The number of hydrogen-bond acceptors (Lipinski definition) is 4. The minimum Gasteiger partial charge on any atom is -0.361 e. The lowest BCUT2D eigenvalue weighted by molar-refractivity contribution is -0.133. The van der Waals surface area contributed by atoms with Gasteiger partial charge < -0.3 is 15.4 Å². The first kappa shape index (κ1) is 22.6. The number of carbonyl (C=O) groups is 3. The van der Waals surface area contributed by atoms with Crippen LogP contribution in [-0.2, 0) is 19.1 Å². The van der Waals surface area contributed by atoms with Crippen LogP contribution in [0.15, 0.2) is 0 Å². The minimum absolute atomic E-state index is 0.0910. The Morgan fingerprint density at radius 3 is 2.12 bits per heavy atom. The lowest BCUT2D eigenvalue weighted by Gasteiger charge is -2.23. The van der Waals surface area contributed by atoms with Gasteiger partial charge in [-0.1, -0.05) is 40.5 Å². The van der Waals surface area contributed by atoms with E-state index in [0.29, 0.717) is 25.4 Å². The number of ether oxygens (including phenoxy) is 1. The van der Waals surface area contributed by atoms with Gasteiger partial charge in [0, 0.05) is 6.42 Å². The monoisotopic (exact) mass is 368 g/mol. The summed E-state index contributed by atoms with van der Waals surface area (Å²) in [4.78, 5) is 37.0. The lowest BCUT2D eigenvalue weighted by Crippen LogP contribution is -2.52. The summed E-state index contributed by atoms with van der Waals surface area (Å²) in [6.45, 7) is 12.1. The molecule has 0 radical (unpaired) electrons. The molecule has 0 bridgehead atoms. The maximum absolute atomic E-state index is 12.5. The van der Waals surface area contributed by atoms with Gasteiger partial charge in [-0.15, -0.1) is 0 Å². The van der Waals surface area contributed by atoms with Crippen LogP contribution in [0.3, 0.4) is 0 Å². The molecule has 1 saturated heterocycles. The number of Topliss-reactive ketones (excluding diaryl/α,β-unsaturated/α-hetero) is 1. The molecule has 0 aliphatic carbocycles. The summed E-state index contributed by atoms with van der Waals surface area (Å²) < 4.78 is 5.23. The Kier molecular flexibility index (Phi) is 8.74. The van der Waals surface area contributed by atoms with Crippen molar-refractivity contribution in [2.24, 2.45) is 11.8 Å². The molecule has 3 atom stereocenters. The lowest BCUT2D eigenvalue weighted by atomic mass is 9.93. The summed E-state index contributed by atoms with van der Waals surface area (Å²) in [5.41, 5.74) is -0.768. The van der Waals surface area contributed by atoms with E-state index in [9.17, 15) is 14.4 Å². The Labute approximate surface area is 157 Å². The second kappa shape index (κ2) is 10.0. The fraction of sp³-hybridized carbons (Fsp3) is 0.850. The molecule has 6 nitrogen and oxygen atoms in total. The number of unbranched alkanes of at least 4 members (excludes halogenated alkanes) is 1. The van der Waals surface area contributed by atoms with Crippen molar-refractivity contribution in [1.82, 2.24) is 10.6 Å². The molecule has 0 aromatic carbocycles. The normalized spacial score (nSPS) is 21.4. The smallest absolute Gasteiger partial charge is 0.242 e. The molecule has 0 spiro atoms. The summed E-state index contributed by atoms with van der Waals surface area (Å²) in [5.74, 6) is 0.351. The van der Waals surface area contributed by atoms with Crippen molar-refractivity contribution in [3.05, 3.63) is 0 Å². The summed E-state index contributed by atoms with van der Waals surface area (Å²) in [7, 11) is 0. The van der Waals surface area contributed by atoms with Crippen molar-refractivity contribution in [1.29, 1.82) is 0 Å². The molecule has 0 saturated carbocycles. The van der Waals surface area contributed by atoms with Crippen molar-refractivity contribution >= 4 is 17.6 Å². The third-order valence-electron chi connectivity index (χ3n) is 4.64. The summed E-state index contributed by atoms with van der Waals surface area (Å²) in [6, 6.07) is -1.25. The largest absolute Gasteiger partial charge is 0.361 e. The van der Waals surface area contributed by atoms with Gasteiger partial charge in [0.2, 0.25) is 11.8 Å². The number of amides is 2. The first-order valence-corrected chi connectivity index (χ1v) is 9.83. The van der Waals surface area contributed by atoms with Crippen LogP contribution < -0.4 is 10.6 Å². The van der Waals surface area contributed by atoms with Gasteiger partial charge in [0.15, 0.2) is 5.78 Å². The molecule has 1 fully saturated rings. The SMILES string of the molecule is CC(C)CCCCC(=O)N[C@@H](C)C(=O)N[C@@H](CC(C)C)C(=O)[C@@]1(C)CO1. The quantitative estimate of drug-likeness (QED) is 0.409. The third kappa shape index (κ3) is 7.85. The zero-order valence-electron chi connectivity index (χ0n) is 17.2. The molecule has 2 amide bonds. The van der Waals surface area contributed by atoms with Crippen LogP contribution in [0, 0.1) is 11.8 Å². The number of carbonyl (C=O) groups excluding carboxylic acids is 3. The second-order valence-electron chi connectivity index (χ2n) is 8.50. The van der Waals surface area contributed by atoms with Crippen molar-refractivity contribution < 1.29 is 19.1 Å². The van der Waals surface area contributed by atoms with Crippen molar-refractivity contribution in [3.8, 4) is 0 Å². The van der Waals surface area contributed by atoms with E-state index in [1.165, 1.54) is 0 Å². The standard InChI is InChI=1S/C20H36N2O4/c1-13(2)9-7-8-10-17(23)21-15(5)19(25)22-16(11-14(3)4)18(24)20(6)12-26-20/h13-16H,7-12H2,1-6H3,(H,21,23)(H,22,25)/t15-,16-,20+/m0/s1. The summed E-state index contributed by atoms with van der Waals surface area (Å²) in [5, 5.41) is 5.53. The van der Waals surface area contributed by atoms with E-state index in [4.69, 9.17) is 4.74 Å². The van der Waals surface area contributed by atoms with Gasteiger partial charge in [0.25, 0.3) is 0 Å². The Balaban J connectivity index is 2.46. The van der Waals surface area contributed by atoms with E-state index in [1.54, 1.807) is 13.8 Å². The molecule has 1 heterocycles. The minimum atomic E-state index is -0.768. The summed E-state index contributed by atoms with van der Waals surface area (Å²) in [6.07, 6.45) is 3.91. The molecule has 0 aromatic heterocycles. The zero-order valence-corrected chi connectivity index (χ0v) is 17.2. The predicted molar refractivity (Wildman–Crippen MR) is 102 cm³/mol. The van der Waals surface area contributed by atoms with Crippen molar-refractivity contribution in [2.45, 2.75) is 91.3 Å². The number of nitrogens with one attached hydrogen (secondary N) is 2. The molecule has 1 rings (SSSR count). The van der Waals surface area contributed by atoms with E-state index in [2.05, 4.69) is 24.5 Å². The van der Waals surface area contributed by atoms with E-state index in [-0.39, 0.29) is 23.5 Å². The second-order valence-corrected chi connectivity index (χ2v) is 8.50. The molecular formula is C20H36N2O4.